The SMILES string of the molecule is CC1=NN(Cc2ccccc2Cl)C(=O)C1CCC(=O)O. The first-order valence-electron chi connectivity index (χ1n) is 6.30. The topological polar surface area (TPSA) is 70.0 Å². The molecule has 1 aromatic rings. The highest BCUT2D eigenvalue weighted by Gasteiger charge is 2.33. The number of carbonyl (C=O) groups is 2. The van der Waals surface area contributed by atoms with Crippen molar-refractivity contribution in [3.8, 4) is 0 Å². The maximum atomic E-state index is 12.2. The number of benzene rings is 1. The van der Waals surface area contributed by atoms with Crippen LogP contribution in [0.3, 0.4) is 0 Å². The summed E-state index contributed by atoms with van der Waals surface area (Å²) in [5.41, 5.74) is 1.47. The van der Waals surface area contributed by atoms with Gasteiger partial charge in [0.15, 0.2) is 0 Å². The zero-order valence-corrected chi connectivity index (χ0v) is 11.8. The smallest absolute Gasteiger partial charge is 0.303 e. The highest BCUT2D eigenvalue weighted by atomic mass is 35.5. The Bertz CT molecular complexity index is 571. The summed E-state index contributed by atoms with van der Waals surface area (Å²) in [6.45, 7) is 2.05. The summed E-state index contributed by atoms with van der Waals surface area (Å²) in [5.74, 6) is -1.51. The van der Waals surface area contributed by atoms with Gasteiger partial charge < -0.3 is 5.11 Å². The van der Waals surface area contributed by atoms with Crippen LogP contribution in [0, 0.1) is 5.92 Å². The summed E-state index contributed by atoms with van der Waals surface area (Å²) in [6, 6.07) is 7.27. The van der Waals surface area contributed by atoms with Gasteiger partial charge in [-0.1, -0.05) is 29.8 Å². The molecule has 1 N–H and O–H groups in total. The van der Waals surface area contributed by atoms with Crippen LogP contribution in [0.1, 0.15) is 25.3 Å². The second kappa shape index (κ2) is 6.05. The molecule has 0 aromatic heterocycles. The minimum atomic E-state index is -0.907. The van der Waals surface area contributed by atoms with Crippen LogP contribution >= 0.6 is 11.6 Å². The Balaban J connectivity index is 2.06. The molecular weight excluding hydrogens is 280 g/mol. The van der Waals surface area contributed by atoms with E-state index in [0.29, 0.717) is 17.3 Å². The van der Waals surface area contributed by atoms with Crippen molar-refractivity contribution in [1.82, 2.24) is 5.01 Å². The van der Waals surface area contributed by atoms with Crippen LogP contribution in [-0.4, -0.2) is 27.7 Å². The molecule has 1 aromatic carbocycles. The maximum absolute atomic E-state index is 12.2. The average Bonchev–Trinajstić information content (AvgIpc) is 2.65. The predicted octanol–water partition coefficient (Wildman–Crippen LogP) is 2.54. The number of aliphatic carboxylic acids is 1. The van der Waals surface area contributed by atoms with Crippen molar-refractivity contribution in [3.05, 3.63) is 34.9 Å². The molecule has 0 bridgehead atoms. The molecule has 106 valence electrons. The molecular formula is C14H15ClN2O3. The number of hydrazone groups is 1. The van der Waals surface area contributed by atoms with Gasteiger partial charge in [-0.15, -0.1) is 0 Å². The quantitative estimate of drug-likeness (QED) is 0.907. The predicted molar refractivity (Wildman–Crippen MR) is 75.5 cm³/mol. The van der Waals surface area contributed by atoms with Crippen molar-refractivity contribution in [2.24, 2.45) is 11.0 Å². The van der Waals surface area contributed by atoms with Gasteiger partial charge in [0.1, 0.15) is 0 Å². The van der Waals surface area contributed by atoms with E-state index in [1.807, 2.05) is 18.2 Å². The molecule has 2 rings (SSSR count). The number of rotatable bonds is 5. The molecule has 0 aliphatic carbocycles. The summed E-state index contributed by atoms with van der Waals surface area (Å²) in [7, 11) is 0. The molecule has 6 heteroatoms. The van der Waals surface area contributed by atoms with Crippen LogP contribution in [0.4, 0.5) is 0 Å². The first-order valence-corrected chi connectivity index (χ1v) is 6.68. The van der Waals surface area contributed by atoms with E-state index >= 15 is 0 Å². The lowest BCUT2D eigenvalue weighted by molar-refractivity contribution is -0.137. The lowest BCUT2D eigenvalue weighted by atomic mass is 9.98. The summed E-state index contributed by atoms with van der Waals surface area (Å²) < 4.78 is 0. The molecule has 1 heterocycles. The minimum Gasteiger partial charge on any atom is -0.481 e. The number of nitrogens with zero attached hydrogens (tertiary/aromatic N) is 2. The van der Waals surface area contributed by atoms with Crippen molar-refractivity contribution in [1.29, 1.82) is 0 Å². The third kappa shape index (κ3) is 3.17. The summed E-state index contributed by atoms with van der Waals surface area (Å²) in [4.78, 5) is 22.8. The van der Waals surface area contributed by atoms with Crippen molar-refractivity contribution in [2.75, 3.05) is 0 Å². The third-order valence-electron chi connectivity index (χ3n) is 3.26. The summed E-state index contributed by atoms with van der Waals surface area (Å²) in [5, 5.41) is 14.9. The van der Waals surface area contributed by atoms with Gasteiger partial charge in [0.25, 0.3) is 5.91 Å². The number of amides is 1. The van der Waals surface area contributed by atoms with Gasteiger partial charge in [0.2, 0.25) is 0 Å². The Morgan fingerprint density at radius 1 is 1.45 bits per heavy atom. The highest BCUT2D eigenvalue weighted by molar-refractivity contribution is 6.31. The van der Waals surface area contributed by atoms with Crippen LogP contribution in [0.25, 0.3) is 0 Å². The second-order valence-electron chi connectivity index (χ2n) is 4.71. The third-order valence-corrected chi connectivity index (χ3v) is 3.63. The fourth-order valence-corrected chi connectivity index (χ4v) is 2.36. The van der Waals surface area contributed by atoms with Crippen LogP contribution in [0.15, 0.2) is 29.4 Å². The van der Waals surface area contributed by atoms with E-state index in [-0.39, 0.29) is 18.7 Å². The van der Waals surface area contributed by atoms with E-state index in [2.05, 4.69) is 5.10 Å². The minimum absolute atomic E-state index is 0.0385. The molecule has 0 spiro atoms. The molecule has 1 unspecified atom stereocenters. The van der Waals surface area contributed by atoms with Gasteiger partial charge in [0.05, 0.1) is 12.5 Å². The van der Waals surface area contributed by atoms with E-state index in [1.165, 1.54) is 5.01 Å². The van der Waals surface area contributed by atoms with Gasteiger partial charge in [-0.05, 0) is 25.0 Å². The highest BCUT2D eigenvalue weighted by Crippen LogP contribution is 2.24. The van der Waals surface area contributed by atoms with Gasteiger partial charge in [-0.25, -0.2) is 5.01 Å². The zero-order chi connectivity index (χ0) is 14.7. The second-order valence-corrected chi connectivity index (χ2v) is 5.12. The molecule has 1 aliphatic heterocycles. The zero-order valence-electron chi connectivity index (χ0n) is 11.0. The van der Waals surface area contributed by atoms with E-state index in [9.17, 15) is 9.59 Å². The number of hydrogen-bond donors (Lipinski definition) is 1. The lowest BCUT2D eigenvalue weighted by Crippen LogP contribution is -2.27. The van der Waals surface area contributed by atoms with Crippen LogP contribution in [0.2, 0.25) is 5.02 Å². The monoisotopic (exact) mass is 294 g/mol. The Morgan fingerprint density at radius 2 is 2.15 bits per heavy atom. The van der Waals surface area contributed by atoms with Gasteiger partial charge in [-0.3, -0.25) is 9.59 Å². The number of halogens is 1. The number of carboxylic acids is 1. The van der Waals surface area contributed by atoms with Crippen molar-refractivity contribution in [2.45, 2.75) is 26.3 Å². The molecule has 1 atom stereocenters. The molecule has 0 radical (unpaired) electrons. The maximum Gasteiger partial charge on any atom is 0.303 e. The Labute approximate surface area is 121 Å². The number of hydrogen-bond acceptors (Lipinski definition) is 3. The van der Waals surface area contributed by atoms with E-state index < -0.39 is 11.9 Å². The van der Waals surface area contributed by atoms with Gasteiger partial charge in [-0.2, -0.15) is 5.10 Å². The number of carbonyl (C=O) groups excluding carboxylic acids is 1. The standard InChI is InChI=1S/C14H15ClN2O3/c1-9-11(6-7-13(18)19)14(20)17(16-9)8-10-4-2-3-5-12(10)15/h2-5,11H,6-8H2,1H3,(H,18,19). The molecule has 0 fully saturated rings. The normalized spacial score (nSPS) is 18.3. The van der Waals surface area contributed by atoms with Crippen LogP contribution in [-0.2, 0) is 16.1 Å². The van der Waals surface area contributed by atoms with Crippen LogP contribution in [0.5, 0.6) is 0 Å². The van der Waals surface area contributed by atoms with E-state index in [4.69, 9.17) is 16.7 Å². The van der Waals surface area contributed by atoms with Crippen molar-refractivity contribution in [3.63, 3.8) is 0 Å². The Hall–Kier alpha value is -1.88. The molecule has 20 heavy (non-hydrogen) atoms. The number of carboxylic acid groups (broad SMARTS) is 1. The van der Waals surface area contributed by atoms with Gasteiger partial charge >= 0.3 is 5.97 Å². The molecule has 1 amide bonds. The lowest BCUT2D eigenvalue weighted by Gasteiger charge is -2.14. The first-order chi connectivity index (χ1) is 9.49. The molecule has 0 saturated carbocycles. The average molecular weight is 295 g/mol. The largest absolute Gasteiger partial charge is 0.481 e. The summed E-state index contributed by atoms with van der Waals surface area (Å²) in [6.07, 6.45) is 0.242. The van der Waals surface area contributed by atoms with E-state index in [1.54, 1.807) is 13.0 Å². The van der Waals surface area contributed by atoms with Crippen molar-refractivity contribution < 1.29 is 14.7 Å². The molecule has 1 aliphatic rings. The van der Waals surface area contributed by atoms with Crippen LogP contribution < -0.4 is 0 Å². The Kier molecular flexibility index (Phi) is 4.39. The fourth-order valence-electron chi connectivity index (χ4n) is 2.17. The van der Waals surface area contributed by atoms with Crippen molar-refractivity contribution >= 4 is 29.2 Å². The summed E-state index contributed by atoms with van der Waals surface area (Å²) >= 11 is 6.06. The van der Waals surface area contributed by atoms with E-state index in [0.717, 1.165) is 5.56 Å². The molecule has 0 saturated heterocycles. The Morgan fingerprint density at radius 3 is 2.80 bits per heavy atom. The fraction of sp³-hybridized carbons (Fsp3) is 0.357. The molecule has 5 nitrogen and oxygen atoms in total. The first kappa shape index (κ1) is 14.5. The van der Waals surface area contributed by atoms with Gasteiger partial charge in [0, 0.05) is 17.2 Å².